The van der Waals surface area contributed by atoms with Crippen LogP contribution in [0.2, 0.25) is 0 Å². The van der Waals surface area contributed by atoms with E-state index >= 15 is 0 Å². The van der Waals surface area contributed by atoms with Crippen LogP contribution in [0.5, 0.6) is 0 Å². The van der Waals surface area contributed by atoms with Gasteiger partial charge in [0.1, 0.15) is 0 Å². The fourth-order valence-corrected chi connectivity index (χ4v) is 3.52. The van der Waals surface area contributed by atoms with Gasteiger partial charge in [-0.25, -0.2) is 0 Å². The fourth-order valence-electron chi connectivity index (χ4n) is 3.52. The summed E-state index contributed by atoms with van der Waals surface area (Å²) in [5.74, 6) is 0.655. The summed E-state index contributed by atoms with van der Waals surface area (Å²) in [6.07, 6.45) is 6.30. The number of rotatable bonds is 4. The molecule has 1 saturated heterocycles. The monoisotopic (exact) mass is 312 g/mol. The first-order valence-corrected chi connectivity index (χ1v) is 8.80. The van der Waals surface area contributed by atoms with E-state index < -0.39 is 0 Å². The van der Waals surface area contributed by atoms with Crippen molar-refractivity contribution >= 4 is 0 Å². The Balaban J connectivity index is 1.80. The molecule has 0 aliphatic carbocycles. The van der Waals surface area contributed by atoms with Crippen LogP contribution in [0.15, 0.2) is 30.6 Å². The molecule has 1 fully saturated rings. The van der Waals surface area contributed by atoms with Crippen LogP contribution in [0, 0.1) is 0 Å². The Bertz CT molecular complexity index is 636. The van der Waals surface area contributed by atoms with E-state index in [-0.39, 0.29) is 0 Å². The minimum atomic E-state index is 0.347. The predicted octanol–water partition coefficient (Wildman–Crippen LogP) is 4.11. The number of hydrogen-bond donors (Lipinski definition) is 0. The summed E-state index contributed by atoms with van der Waals surface area (Å²) < 4.78 is 2.05. The molecule has 124 valence electrons. The van der Waals surface area contributed by atoms with Gasteiger partial charge in [0.15, 0.2) is 0 Å². The highest BCUT2D eigenvalue weighted by atomic mass is 15.3. The molecule has 0 atom stereocenters. The van der Waals surface area contributed by atoms with Crippen molar-refractivity contribution in [2.24, 2.45) is 0 Å². The second-order valence-electron chi connectivity index (χ2n) is 7.13. The van der Waals surface area contributed by atoms with Gasteiger partial charge in [-0.05, 0) is 83.3 Å². The maximum atomic E-state index is 4.59. The number of piperidine rings is 1. The van der Waals surface area contributed by atoms with Crippen molar-refractivity contribution in [2.45, 2.75) is 58.5 Å². The van der Waals surface area contributed by atoms with Gasteiger partial charge in [-0.1, -0.05) is 0 Å². The first kappa shape index (κ1) is 16.2. The summed E-state index contributed by atoms with van der Waals surface area (Å²) >= 11 is 0. The molecule has 2 aromatic heterocycles. The largest absolute Gasteiger partial charge is 0.301 e. The lowest BCUT2D eigenvalue weighted by Crippen LogP contribution is -2.37. The number of aromatic nitrogens is 3. The zero-order valence-electron chi connectivity index (χ0n) is 14.7. The van der Waals surface area contributed by atoms with Crippen LogP contribution in [0.1, 0.15) is 58.1 Å². The zero-order valence-corrected chi connectivity index (χ0v) is 14.7. The normalized spacial score (nSPS) is 17.3. The minimum Gasteiger partial charge on any atom is -0.301 e. The van der Waals surface area contributed by atoms with E-state index in [0.717, 1.165) is 11.4 Å². The standard InChI is InChI=1S/C19H28N4/c1-14(2)22-11-7-16(8-12-22)17-5-9-20-18(13-17)19-6-10-21-23(19)15(3)4/h5-6,9-10,13-16H,7-8,11-12H2,1-4H3. The molecule has 0 N–H and O–H groups in total. The minimum absolute atomic E-state index is 0.347. The molecule has 3 heterocycles. The lowest BCUT2D eigenvalue weighted by molar-refractivity contribution is 0.172. The maximum absolute atomic E-state index is 4.59. The number of likely N-dealkylation sites (tertiary alicyclic amines) is 1. The molecular formula is C19H28N4. The molecule has 1 aliphatic heterocycles. The van der Waals surface area contributed by atoms with Crippen LogP contribution >= 0.6 is 0 Å². The Morgan fingerprint density at radius 2 is 1.74 bits per heavy atom. The lowest BCUT2D eigenvalue weighted by Gasteiger charge is -2.34. The highest BCUT2D eigenvalue weighted by Crippen LogP contribution is 2.31. The van der Waals surface area contributed by atoms with Crippen molar-refractivity contribution in [3.63, 3.8) is 0 Å². The van der Waals surface area contributed by atoms with Gasteiger partial charge in [-0.15, -0.1) is 0 Å². The van der Waals surface area contributed by atoms with Gasteiger partial charge in [0.25, 0.3) is 0 Å². The second-order valence-corrected chi connectivity index (χ2v) is 7.13. The first-order valence-electron chi connectivity index (χ1n) is 8.80. The Labute approximate surface area is 139 Å². The average molecular weight is 312 g/mol. The Morgan fingerprint density at radius 3 is 2.39 bits per heavy atom. The van der Waals surface area contributed by atoms with Crippen molar-refractivity contribution < 1.29 is 0 Å². The van der Waals surface area contributed by atoms with Gasteiger partial charge in [0.05, 0.1) is 11.4 Å². The van der Waals surface area contributed by atoms with Gasteiger partial charge in [0.2, 0.25) is 0 Å². The van der Waals surface area contributed by atoms with Gasteiger partial charge in [0, 0.05) is 24.5 Å². The van der Waals surface area contributed by atoms with Crippen molar-refractivity contribution in [1.29, 1.82) is 0 Å². The summed E-state index contributed by atoms with van der Waals surface area (Å²) in [5.41, 5.74) is 3.58. The van der Waals surface area contributed by atoms with Crippen LogP contribution in [-0.4, -0.2) is 38.8 Å². The summed E-state index contributed by atoms with van der Waals surface area (Å²) in [6, 6.07) is 7.53. The van der Waals surface area contributed by atoms with E-state index in [1.165, 1.54) is 31.5 Å². The third-order valence-corrected chi connectivity index (χ3v) is 4.94. The Hall–Kier alpha value is -1.68. The quantitative estimate of drug-likeness (QED) is 0.852. The molecule has 0 aromatic carbocycles. The van der Waals surface area contributed by atoms with Crippen molar-refractivity contribution in [3.05, 3.63) is 36.2 Å². The predicted molar refractivity (Wildman–Crippen MR) is 94.5 cm³/mol. The maximum Gasteiger partial charge on any atom is 0.0885 e. The van der Waals surface area contributed by atoms with Crippen LogP contribution in [0.3, 0.4) is 0 Å². The van der Waals surface area contributed by atoms with E-state index in [0.29, 0.717) is 18.0 Å². The molecule has 0 unspecified atom stereocenters. The van der Waals surface area contributed by atoms with E-state index in [9.17, 15) is 0 Å². The fraction of sp³-hybridized carbons (Fsp3) is 0.579. The summed E-state index contributed by atoms with van der Waals surface area (Å²) in [4.78, 5) is 7.17. The van der Waals surface area contributed by atoms with Crippen molar-refractivity contribution in [1.82, 2.24) is 19.7 Å². The third kappa shape index (κ3) is 3.47. The zero-order chi connectivity index (χ0) is 16.4. The second kappa shape index (κ2) is 6.83. The first-order chi connectivity index (χ1) is 11.1. The van der Waals surface area contributed by atoms with Crippen LogP contribution < -0.4 is 0 Å². The molecule has 0 saturated carbocycles. The summed E-state index contributed by atoms with van der Waals surface area (Å²) in [7, 11) is 0. The van der Waals surface area contributed by atoms with Crippen molar-refractivity contribution in [3.8, 4) is 11.4 Å². The topological polar surface area (TPSA) is 34.0 Å². The van der Waals surface area contributed by atoms with Gasteiger partial charge in [-0.3, -0.25) is 9.67 Å². The molecule has 2 aromatic rings. The molecule has 4 heteroatoms. The van der Waals surface area contributed by atoms with Crippen LogP contribution in [-0.2, 0) is 0 Å². The van der Waals surface area contributed by atoms with Gasteiger partial charge >= 0.3 is 0 Å². The molecule has 0 spiro atoms. The van der Waals surface area contributed by atoms with E-state index in [1.54, 1.807) is 0 Å². The SMILES string of the molecule is CC(C)N1CCC(c2ccnc(-c3ccnn3C(C)C)c2)CC1. The Morgan fingerprint density at radius 1 is 1.00 bits per heavy atom. The van der Waals surface area contributed by atoms with Crippen LogP contribution in [0.25, 0.3) is 11.4 Å². The third-order valence-electron chi connectivity index (χ3n) is 4.94. The number of pyridine rings is 1. The van der Waals surface area contributed by atoms with Gasteiger partial charge < -0.3 is 4.90 Å². The highest BCUT2D eigenvalue weighted by Gasteiger charge is 2.22. The van der Waals surface area contributed by atoms with Crippen molar-refractivity contribution in [2.75, 3.05) is 13.1 Å². The van der Waals surface area contributed by atoms with E-state index in [2.05, 4.69) is 60.9 Å². The molecule has 0 radical (unpaired) electrons. The molecule has 1 aliphatic rings. The van der Waals surface area contributed by atoms with Gasteiger partial charge in [-0.2, -0.15) is 5.10 Å². The molecule has 3 rings (SSSR count). The molecule has 0 amide bonds. The van der Waals surface area contributed by atoms with E-state index in [1.807, 2.05) is 17.1 Å². The van der Waals surface area contributed by atoms with Crippen LogP contribution in [0.4, 0.5) is 0 Å². The number of nitrogens with zero attached hydrogens (tertiary/aromatic N) is 4. The smallest absolute Gasteiger partial charge is 0.0885 e. The number of hydrogen-bond acceptors (Lipinski definition) is 3. The molecule has 23 heavy (non-hydrogen) atoms. The highest BCUT2D eigenvalue weighted by molar-refractivity contribution is 5.55. The molecule has 4 nitrogen and oxygen atoms in total. The Kier molecular flexibility index (Phi) is 4.81. The summed E-state index contributed by atoms with van der Waals surface area (Å²) in [5, 5.41) is 4.43. The molecular weight excluding hydrogens is 284 g/mol. The summed E-state index contributed by atoms with van der Waals surface area (Å²) in [6.45, 7) is 11.3. The molecule has 0 bridgehead atoms. The van der Waals surface area contributed by atoms with E-state index in [4.69, 9.17) is 0 Å². The lowest BCUT2D eigenvalue weighted by atomic mass is 9.89. The average Bonchev–Trinajstić information content (AvgIpc) is 3.05.